The number of rotatable bonds is 15. The third-order valence-corrected chi connectivity index (χ3v) is 5.87. The van der Waals surface area contributed by atoms with Crippen molar-refractivity contribution in [1.82, 2.24) is 0 Å². The molecule has 0 aromatic heterocycles. The van der Waals surface area contributed by atoms with Gasteiger partial charge < -0.3 is 30.0 Å². The maximum Gasteiger partial charge on any atom is 0.323 e. The highest BCUT2D eigenvalue weighted by Gasteiger charge is 2.29. The van der Waals surface area contributed by atoms with Crippen molar-refractivity contribution < 1.29 is 48.8 Å². The Balaban J connectivity index is 1.79. The number of carbonyl (C=O) groups is 3. The minimum absolute atomic E-state index is 0.128. The smallest absolute Gasteiger partial charge is 0.323 e. The Hall–Kier alpha value is -5.57. The van der Waals surface area contributed by atoms with E-state index in [4.69, 9.17) is 15.2 Å². The van der Waals surface area contributed by atoms with E-state index in [2.05, 4.69) is 9.68 Å². The molecule has 3 N–H and O–H groups in total. The molecule has 15 nitrogen and oxygen atoms in total. The normalized spacial score (nSPS) is 12.0. The van der Waals surface area contributed by atoms with Gasteiger partial charge in [-0.05, 0) is 46.9 Å². The first-order chi connectivity index (χ1) is 20.3. The van der Waals surface area contributed by atoms with Crippen molar-refractivity contribution in [3.63, 3.8) is 0 Å². The van der Waals surface area contributed by atoms with Crippen molar-refractivity contribution in [1.29, 1.82) is 0 Å². The molecule has 3 rings (SSSR count). The lowest BCUT2D eigenvalue weighted by molar-refractivity contribution is -0.763. The number of nitrogens with two attached hydrogens (primary N) is 1. The SMILES string of the molecule is CC(N)(Cc1ccc(OC(=O)Cc2cccc(CO[N+](=O)[O-])c2)c(OC(=O)Cc2cccc(CO[N+](=O)[O-])c2)c1)C(=O)O. The predicted molar refractivity (Wildman–Crippen MR) is 146 cm³/mol. The van der Waals surface area contributed by atoms with Crippen molar-refractivity contribution in [2.75, 3.05) is 0 Å². The van der Waals surface area contributed by atoms with Gasteiger partial charge in [0, 0.05) is 6.42 Å². The molecule has 1 atom stereocenters. The Bertz CT molecular complexity index is 1520. The van der Waals surface area contributed by atoms with E-state index in [-0.39, 0.29) is 44.0 Å². The molecule has 0 radical (unpaired) electrons. The highest BCUT2D eigenvalue weighted by atomic mass is 17.0. The van der Waals surface area contributed by atoms with Crippen LogP contribution >= 0.6 is 0 Å². The lowest BCUT2D eigenvalue weighted by Gasteiger charge is -2.20. The number of aliphatic carboxylic acids is 1. The maximum absolute atomic E-state index is 12.9. The van der Waals surface area contributed by atoms with Crippen LogP contribution in [0.5, 0.6) is 11.5 Å². The average Bonchev–Trinajstić information content (AvgIpc) is 2.92. The summed E-state index contributed by atoms with van der Waals surface area (Å²) in [5.41, 5.74) is 6.45. The first-order valence-electron chi connectivity index (χ1n) is 12.6. The number of hydrogen-bond acceptors (Lipinski definition) is 12. The lowest BCUT2D eigenvalue weighted by Crippen LogP contribution is -2.46. The second-order valence-corrected chi connectivity index (χ2v) is 9.62. The molecule has 0 spiro atoms. The van der Waals surface area contributed by atoms with Crippen LogP contribution in [0.25, 0.3) is 0 Å². The molecule has 0 saturated heterocycles. The van der Waals surface area contributed by atoms with Crippen LogP contribution in [0.3, 0.4) is 0 Å². The van der Waals surface area contributed by atoms with Crippen LogP contribution in [0.1, 0.15) is 34.7 Å². The van der Waals surface area contributed by atoms with Crippen LogP contribution in [0.2, 0.25) is 0 Å². The zero-order valence-electron chi connectivity index (χ0n) is 22.8. The molecule has 0 saturated carbocycles. The topological polar surface area (TPSA) is 221 Å². The molecular weight excluding hydrogens is 570 g/mol. The van der Waals surface area contributed by atoms with Gasteiger partial charge in [-0.3, -0.25) is 14.4 Å². The minimum atomic E-state index is -1.64. The first-order valence-corrected chi connectivity index (χ1v) is 12.6. The molecule has 0 aliphatic rings. The maximum atomic E-state index is 12.9. The molecular formula is C28H27N3O12. The van der Waals surface area contributed by atoms with Gasteiger partial charge in [0.1, 0.15) is 18.8 Å². The lowest BCUT2D eigenvalue weighted by atomic mass is 9.94. The van der Waals surface area contributed by atoms with Gasteiger partial charge in [-0.25, -0.2) is 0 Å². The number of carboxylic acids is 1. The Morgan fingerprint density at radius 3 is 1.67 bits per heavy atom. The quantitative estimate of drug-likeness (QED) is 0.111. The number of carboxylic acid groups (broad SMARTS) is 1. The standard InChI is InChI=1S/C28H27N3O12/c1-28(29,27(34)35)15-20-8-9-23(42-25(32)13-18-4-2-6-21(10-18)16-40-30(36)37)24(12-20)43-26(33)14-19-5-3-7-22(11-19)17-41-31(38)39/h2-12H,13-17,29H2,1H3,(H,34,35). The van der Waals surface area contributed by atoms with Crippen LogP contribution in [-0.4, -0.2) is 38.7 Å². The molecule has 0 aliphatic heterocycles. The van der Waals surface area contributed by atoms with Gasteiger partial charge in [-0.2, -0.15) is 0 Å². The van der Waals surface area contributed by atoms with E-state index in [1.54, 1.807) is 36.4 Å². The van der Waals surface area contributed by atoms with Crippen molar-refractivity contribution >= 4 is 17.9 Å². The highest BCUT2D eigenvalue weighted by molar-refractivity contribution is 5.80. The van der Waals surface area contributed by atoms with E-state index >= 15 is 0 Å². The van der Waals surface area contributed by atoms with Gasteiger partial charge in [0.05, 0.1) is 12.8 Å². The van der Waals surface area contributed by atoms with Crippen molar-refractivity contribution in [3.05, 3.63) is 115 Å². The van der Waals surface area contributed by atoms with E-state index in [0.29, 0.717) is 27.8 Å². The molecule has 15 heteroatoms. The molecule has 0 aliphatic carbocycles. The van der Waals surface area contributed by atoms with Crippen LogP contribution < -0.4 is 15.2 Å². The van der Waals surface area contributed by atoms with Crippen LogP contribution in [-0.2, 0) is 56.5 Å². The second kappa shape index (κ2) is 14.4. The summed E-state index contributed by atoms with van der Waals surface area (Å²) >= 11 is 0. The monoisotopic (exact) mass is 597 g/mol. The van der Waals surface area contributed by atoms with Crippen LogP contribution in [0, 0.1) is 20.2 Å². The van der Waals surface area contributed by atoms with Crippen molar-refractivity contribution in [2.45, 2.75) is 44.9 Å². The molecule has 1 unspecified atom stereocenters. The second-order valence-electron chi connectivity index (χ2n) is 9.62. The van der Waals surface area contributed by atoms with Gasteiger partial charge in [0.15, 0.2) is 11.5 Å². The molecule has 0 amide bonds. The first kappa shape index (κ1) is 32.0. The highest BCUT2D eigenvalue weighted by Crippen LogP contribution is 2.31. The third kappa shape index (κ3) is 10.4. The summed E-state index contributed by atoms with van der Waals surface area (Å²) < 4.78 is 11.0. The minimum Gasteiger partial charge on any atom is -0.480 e. The summed E-state index contributed by atoms with van der Waals surface area (Å²) in [6, 6.07) is 16.8. The fourth-order valence-corrected chi connectivity index (χ4v) is 3.89. The van der Waals surface area contributed by atoms with E-state index < -0.39 is 33.6 Å². The van der Waals surface area contributed by atoms with Crippen molar-refractivity contribution in [2.24, 2.45) is 5.73 Å². The molecule has 3 aromatic rings. The Kier molecular flexibility index (Phi) is 10.7. The molecule has 226 valence electrons. The van der Waals surface area contributed by atoms with Gasteiger partial charge >= 0.3 is 17.9 Å². The number of esters is 2. The fourth-order valence-electron chi connectivity index (χ4n) is 3.89. The van der Waals surface area contributed by atoms with E-state index in [9.17, 15) is 39.7 Å². The summed E-state index contributed by atoms with van der Waals surface area (Å²) in [6.07, 6.45) is -0.633. The zero-order valence-corrected chi connectivity index (χ0v) is 22.8. The molecule has 3 aromatic carbocycles. The van der Waals surface area contributed by atoms with E-state index in [1.807, 2.05) is 0 Å². The molecule has 0 heterocycles. The van der Waals surface area contributed by atoms with Gasteiger partial charge in [0.2, 0.25) is 0 Å². The third-order valence-electron chi connectivity index (χ3n) is 5.87. The van der Waals surface area contributed by atoms with Crippen LogP contribution in [0.15, 0.2) is 66.7 Å². The molecule has 43 heavy (non-hydrogen) atoms. The van der Waals surface area contributed by atoms with E-state index in [0.717, 1.165) is 0 Å². The number of ether oxygens (including phenoxy) is 2. The number of hydrogen-bond donors (Lipinski definition) is 2. The Morgan fingerprint density at radius 2 is 1.21 bits per heavy atom. The fraction of sp³-hybridized carbons (Fsp3) is 0.250. The summed E-state index contributed by atoms with van der Waals surface area (Å²) in [5.74, 6) is -3.07. The summed E-state index contributed by atoms with van der Waals surface area (Å²) in [7, 11) is 0. The number of nitrogens with zero attached hydrogens (tertiary/aromatic N) is 2. The Labute approximate surface area is 243 Å². The average molecular weight is 598 g/mol. The van der Waals surface area contributed by atoms with E-state index in [1.165, 1.54) is 37.3 Å². The predicted octanol–water partition coefficient (Wildman–Crippen LogP) is 2.74. The summed E-state index contributed by atoms with van der Waals surface area (Å²) in [5, 5.41) is 28.5. The number of benzene rings is 3. The summed E-state index contributed by atoms with van der Waals surface area (Å²) in [4.78, 5) is 66.8. The van der Waals surface area contributed by atoms with Gasteiger partial charge in [-0.15, -0.1) is 20.2 Å². The summed E-state index contributed by atoms with van der Waals surface area (Å²) in [6.45, 7) is 0.694. The number of carbonyl (C=O) groups excluding carboxylic acids is 2. The largest absolute Gasteiger partial charge is 0.480 e. The zero-order chi connectivity index (χ0) is 31.6. The molecule has 0 bridgehead atoms. The van der Waals surface area contributed by atoms with Gasteiger partial charge in [-0.1, -0.05) is 54.6 Å². The molecule has 0 fully saturated rings. The Morgan fingerprint density at radius 1 is 0.744 bits per heavy atom. The van der Waals surface area contributed by atoms with Crippen LogP contribution in [0.4, 0.5) is 0 Å². The van der Waals surface area contributed by atoms with Crippen molar-refractivity contribution in [3.8, 4) is 11.5 Å². The van der Waals surface area contributed by atoms with Gasteiger partial charge in [0.25, 0.3) is 10.2 Å².